The van der Waals surface area contributed by atoms with Gasteiger partial charge in [0.15, 0.2) is 0 Å². The molecule has 0 spiro atoms. The van der Waals surface area contributed by atoms with Crippen LogP contribution in [0.4, 0.5) is 5.69 Å². The van der Waals surface area contributed by atoms with Crippen molar-refractivity contribution in [2.45, 2.75) is 18.9 Å². The van der Waals surface area contributed by atoms with Crippen molar-refractivity contribution in [3.8, 4) is 6.07 Å². The second-order valence-corrected chi connectivity index (χ2v) is 4.21. The van der Waals surface area contributed by atoms with Gasteiger partial charge in [0.05, 0.1) is 11.6 Å². The number of rotatable bonds is 2. The second-order valence-electron chi connectivity index (χ2n) is 4.21. The maximum absolute atomic E-state index is 8.86. The molecular formula is C13H17N3. The van der Waals surface area contributed by atoms with Crippen LogP contribution in [0.1, 0.15) is 18.4 Å². The first-order valence-electron chi connectivity index (χ1n) is 5.76. The van der Waals surface area contributed by atoms with Gasteiger partial charge in [-0.15, -0.1) is 0 Å². The number of nitrogens with zero attached hydrogens (tertiary/aromatic N) is 2. The molecule has 0 saturated carbocycles. The third-order valence-electron chi connectivity index (χ3n) is 3.24. The first-order valence-corrected chi connectivity index (χ1v) is 5.76. The van der Waals surface area contributed by atoms with Crippen molar-refractivity contribution in [3.05, 3.63) is 29.8 Å². The summed E-state index contributed by atoms with van der Waals surface area (Å²) in [5.74, 6) is 0. The van der Waals surface area contributed by atoms with Gasteiger partial charge in [-0.2, -0.15) is 5.26 Å². The fraction of sp³-hybridized carbons (Fsp3) is 0.462. The van der Waals surface area contributed by atoms with Gasteiger partial charge in [0.1, 0.15) is 0 Å². The minimum atomic E-state index is 0.649. The topological polar surface area (TPSA) is 39.1 Å². The van der Waals surface area contributed by atoms with Crippen molar-refractivity contribution in [2.75, 3.05) is 25.0 Å². The molecule has 0 aliphatic carbocycles. The lowest BCUT2D eigenvalue weighted by molar-refractivity contribution is 0.442. The van der Waals surface area contributed by atoms with Crippen molar-refractivity contribution >= 4 is 5.69 Å². The van der Waals surface area contributed by atoms with E-state index in [2.05, 4.69) is 22.4 Å². The van der Waals surface area contributed by atoms with E-state index in [0.717, 1.165) is 18.7 Å². The summed E-state index contributed by atoms with van der Waals surface area (Å²) in [5, 5.41) is 12.2. The molecule has 0 amide bonds. The molecule has 3 heteroatoms. The van der Waals surface area contributed by atoms with Gasteiger partial charge in [0.2, 0.25) is 0 Å². The highest BCUT2D eigenvalue weighted by molar-refractivity contribution is 5.51. The van der Waals surface area contributed by atoms with Crippen LogP contribution in [-0.4, -0.2) is 26.2 Å². The van der Waals surface area contributed by atoms with E-state index < -0.39 is 0 Å². The van der Waals surface area contributed by atoms with E-state index >= 15 is 0 Å². The number of nitrogens with one attached hydrogen (secondary N) is 1. The molecule has 1 heterocycles. The van der Waals surface area contributed by atoms with Crippen LogP contribution >= 0.6 is 0 Å². The first kappa shape index (κ1) is 11.0. The lowest BCUT2D eigenvalue weighted by Gasteiger charge is -2.33. The Labute approximate surface area is 96.7 Å². The predicted molar refractivity (Wildman–Crippen MR) is 65.5 cm³/mol. The van der Waals surface area contributed by atoms with E-state index in [1.165, 1.54) is 18.5 Å². The molecule has 3 nitrogen and oxygen atoms in total. The Morgan fingerprint density at radius 1 is 1.38 bits per heavy atom. The van der Waals surface area contributed by atoms with Crippen LogP contribution < -0.4 is 10.2 Å². The zero-order chi connectivity index (χ0) is 11.4. The number of benzene rings is 1. The minimum Gasteiger partial charge on any atom is -0.371 e. The van der Waals surface area contributed by atoms with E-state index in [0.29, 0.717) is 6.04 Å². The average molecular weight is 215 g/mol. The van der Waals surface area contributed by atoms with Crippen LogP contribution in [-0.2, 0) is 0 Å². The fourth-order valence-corrected chi connectivity index (χ4v) is 2.20. The molecule has 0 aromatic heterocycles. The zero-order valence-corrected chi connectivity index (χ0v) is 9.61. The molecule has 1 aliphatic heterocycles. The Morgan fingerprint density at radius 2 is 2.12 bits per heavy atom. The third-order valence-corrected chi connectivity index (χ3v) is 3.24. The number of anilines is 1. The molecular weight excluding hydrogens is 198 g/mol. The van der Waals surface area contributed by atoms with E-state index in [9.17, 15) is 0 Å². The van der Waals surface area contributed by atoms with Gasteiger partial charge in [-0.3, -0.25) is 0 Å². The smallest absolute Gasteiger partial charge is 0.0992 e. The molecule has 1 aromatic carbocycles. The average Bonchev–Trinajstić information content (AvgIpc) is 2.39. The van der Waals surface area contributed by atoms with Gasteiger partial charge in [-0.05, 0) is 38.1 Å². The number of nitriles is 1. The molecule has 1 N–H and O–H groups in total. The van der Waals surface area contributed by atoms with Gasteiger partial charge < -0.3 is 10.2 Å². The molecule has 1 aromatic rings. The Hall–Kier alpha value is -1.53. The monoisotopic (exact) mass is 215 g/mol. The quantitative estimate of drug-likeness (QED) is 0.817. The van der Waals surface area contributed by atoms with E-state index in [1.807, 2.05) is 25.2 Å². The van der Waals surface area contributed by atoms with Crippen LogP contribution in [0.15, 0.2) is 24.3 Å². The normalized spacial score (nSPS) is 17.1. The standard InChI is InChI=1S/C13H17N3/c1-15-12-5-7-16(8-6-12)13-4-2-3-11(9-13)10-14/h2-4,9,12,15H,5-8H2,1H3. The molecule has 2 rings (SSSR count). The van der Waals surface area contributed by atoms with Crippen molar-refractivity contribution in [3.63, 3.8) is 0 Å². The lowest BCUT2D eigenvalue weighted by atomic mass is 10.0. The molecule has 0 radical (unpaired) electrons. The zero-order valence-electron chi connectivity index (χ0n) is 9.61. The van der Waals surface area contributed by atoms with Crippen molar-refractivity contribution in [1.82, 2.24) is 5.32 Å². The second kappa shape index (κ2) is 5.00. The predicted octanol–water partition coefficient (Wildman–Crippen LogP) is 1.75. The molecule has 1 saturated heterocycles. The lowest BCUT2D eigenvalue weighted by Crippen LogP contribution is -2.41. The largest absolute Gasteiger partial charge is 0.371 e. The summed E-state index contributed by atoms with van der Waals surface area (Å²) in [7, 11) is 2.02. The maximum atomic E-state index is 8.86. The highest BCUT2D eigenvalue weighted by atomic mass is 15.1. The molecule has 0 bridgehead atoms. The van der Waals surface area contributed by atoms with Gasteiger partial charge in [0, 0.05) is 24.8 Å². The molecule has 1 aliphatic rings. The Bertz CT molecular complexity index is 386. The summed E-state index contributed by atoms with van der Waals surface area (Å²) in [4.78, 5) is 2.36. The SMILES string of the molecule is CNC1CCN(c2cccc(C#N)c2)CC1. The summed E-state index contributed by atoms with van der Waals surface area (Å²) < 4.78 is 0. The van der Waals surface area contributed by atoms with E-state index in [4.69, 9.17) is 5.26 Å². The van der Waals surface area contributed by atoms with Crippen molar-refractivity contribution in [2.24, 2.45) is 0 Å². The van der Waals surface area contributed by atoms with Gasteiger partial charge in [-0.25, -0.2) is 0 Å². The van der Waals surface area contributed by atoms with Crippen LogP contribution in [0.25, 0.3) is 0 Å². The Balaban J connectivity index is 2.05. The molecule has 0 atom stereocenters. The highest BCUT2D eigenvalue weighted by Crippen LogP contribution is 2.20. The number of hydrogen-bond acceptors (Lipinski definition) is 3. The van der Waals surface area contributed by atoms with Crippen LogP contribution in [0.2, 0.25) is 0 Å². The van der Waals surface area contributed by atoms with Gasteiger partial charge in [0.25, 0.3) is 0 Å². The molecule has 0 unspecified atom stereocenters. The summed E-state index contributed by atoms with van der Waals surface area (Å²) in [6.45, 7) is 2.14. The first-order chi connectivity index (χ1) is 7.83. The maximum Gasteiger partial charge on any atom is 0.0992 e. The summed E-state index contributed by atoms with van der Waals surface area (Å²) >= 11 is 0. The third kappa shape index (κ3) is 2.34. The number of hydrogen-bond donors (Lipinski definition) is 1. The minimum absolute atomic E-state index is 0.649. The Morgan fingerprint density at radius 3 is 2.75 bits per heavy atom. The molecule has 84 valence electrons. The van der Waals surface area contributed by atoms with Crippen LogP contribution in [0.5, 0.6) is 0 Å². The van der Waals surface area contributed by atoms with Crippen LogP contribution in [0.3, 0.4) is 0 Å². The molecule has 1 fully saturated rings. The number of piperidine rings is 1. The summed E-state index contributed by atoms with van der Waals surface area (Å²) in [5.41, 5.74) is 1.92. The fourth-order valence-electron chi connectivity index (χ4n) is 2.20. The highest BCUT2D eigenvalue weighted by Gasteiger charge is 2.17. The van der Waals surface area contributed by atoms with Gasteiger partial charge >= 0.3 is 0 Å². The summed E-state index contributed by atoms with van der Waals surface area (Å²) in [6, 6.07) is 10.7. The summed E-state index contributed by atoms with van der Waals surface area (Å²) in [6.07, 6.45) is 2.35. The molecule has 16 heavy (non-hydrogen) atoms. The van der Waals surface area contributed by atoms with Crippen molar-refractivity contribution < 1.29 is 0 Å². The van der Waals surface area contributed by atoms with E-state index in [1.54, 1.807) is 0 Å². The van der Waals surface area contributed by atoms with Crippen LogP contribution in [0, 0.1) is 11.3 Å². The van der Waals surface area contributed by atoms with Gasteiger partial charge in [-0.1, -0.05) is 6.07 Å². The van der Waals surface area contributed by atoms with Crippen molar-refractivity contribution in [1.29, 1.82) is 5.26 Å². The van der Waals surface area contributed by atoms with E-state index in [-0.39, 0.29) is 0 Å². The Kier molecular flexibility index (Phi) is 3.43.